The minimum atomic E-state index is -0.596. The quantitative estimate of drug-likeness (QED) is 0.485. The van der Waals surface area contributed by atoms with Gasteiger partial charge in [0, 0.05) is 36.4 Å². The van der Waals surface area contributed by atoms with Gasteiger partial charge in [0.05, 0.1) is 16.4 Å². The molecule has 0 heterocycles. The number of amides is 1. The van der Waals surface area contributed by atoms with Gasteiger partial charge in [0.25, 0.3) is 11.6 Å². The van der Waals surface area contributed by atoms with Crippen molar-refractivity contribution < 1.29 is 14.5 Å². The Morgan fingerprint density at radius 1 is 1.58 bits per heavy atom. The van der Waals surface area contributed by atoms with Crippen molar-refractivity contribution in [2.45, 2.75) is 4.83 Å². The molecule has 1 aromatic rings. The summed E-state index contributed by atoms with van der Waals surface area (Å²) in [5.41, 5.74) is -0.0683. The first-order valence-corrected chi connectivity index (χ1v) is 6.59. The van der Waals surface area contributed by atoms with Crippen LogP contribution in [0, 0.1) is 10.1 Å². The number of non-ortho nitro benzene ring substituents is 1. The van der Waals surface area contributed by atoms with Gasteiger partial charge in [-0.15, -0.1) is 0 Å². The van der Waals surface area contributed by atoms with Gasteiger partial charge >= 0.3 is 0 Å². The van der Waals surface area contributed by atoms with E-state index in [2.05, 4.69) is 21.2 Å². The highest BCUT2D eigenvalue weighted by Crippen LogP contribution is 2.20. The van der Waals surface area contributed by atoms with Crippen LogP contribution in [0.15, 0.2) is 18.2 Å². The molecule has 1 aromatic carbocycles. The van der Waals surface area contributed by atoms with E-state index in [1.807, 2.05) is 0 Å². The van der Waals surface area contributed by atoms with Crippen LogP contribution in [0.5, 0.6) is 0 Å². The number of rotatable bonds is 6. The predicted octanol–water partition coefficient (Wildman–Crippen LogP) is 2.39. The van der Waals surface area contributed by atoms with Gasteiger partial charge in [-0.1, -0.05) is 27.5 Å². The Bertz CT molecular complexity index is 484. The molecular formula is C11H12BrClN2O4. The number of nitro groups is 1. The summed E-state index contributed by atoms with van der Waals surface area (Å²) < 4.78 is 4.90. The van der Waals surface area contributed by atoms with Gasteiger partial charge in [-0.2, -0.15) is 0 Å². The lowest BCUT2D eigenvalue weighted by atomic mass is 10.2. The van der Waals surface area contributed by atoms with Crippen LogP contribution in [0.1, 0.15) is 10.4 Å². The lowest BCUT2D eigenvalue weighted by Gasteiger charge is -2.10. The molecule has 0 fully saturated rings. The molecule has 6 nitrogen and oxygen atoms in total. The fourth-order valence-corrected chi connectivity index (χ4v) is 2.01. The molecule has 0 radical (unpaired) electrons. The summed E-state index contributed by atoms with van der Waals surface area (Å²) in [6.45, 7) is 0.781. The number of ether oxygens (including phenoxy) is 1. The van der Waals surface area contributed by atoms with Crippen LogP contribution >= 0.6 is 27.5 Å². The van der Waals surface area contributed by atoms with E-state index in [-0.39, 0.29) is 21.1 Å². The topological polar surface area (TPSA) is 81.5 Å². The maximum Gasteiger partial charge on any atom is 0.271 e. The van der Waals surface area contributed by atoms with E-state index in [0.717, 1.165) is 0 Å². The van der Waals surface area contributed by atoms with Gasteiger partial charge in [-0.3, -0.25) is 14.9 Å². The van der Waals surface area contributed by atoms with E-state index in [0.29, 0.717) is 13.2 Å². The summed E-state index contributed by atoms with van der Waals surface area (Å²) in [7, 11) is 1.55. The van der Waals surface area contributed by atoms with Crippen LogP contribution in [0.25, 0.3) is 0 Å². The molecule has 1 unspecified atom stereocenters. The van der Waals surface area contributed by atoms with Crippen LogP contribution < -0.4 is 5.32 Å². The van der Waals surface area contributed by atoms with Gasteiger partial charge in [-0.25, -0.2) is 0 Å². The Morgan fingerprint density at radius 3 is 2.84 bits per heavy atom. The van der Waals surface area contributed by atoms with Crippen molar-refractivity contribution in [1.29, 1.82) is 0 Å². The first kappa shape index (κ1) is 15.9. The Morgan fingerprint density at radius 2 is 2.26 bits per heavy atom. The maximum atomic E-state index is 11.8. The van der Waals surface area contributed by atoms with E-state index in [4.69, 9.17) is 16.3 Å². The number of carbonyl (C=O) groups excluding carboxylic acids is 1. The number of alkyl halides is 1. The third-order valence-electron chi connectivity index (χ3n) is 2.19. The fraction of sp³-hybridized carbons (Fsp3) is 0.364. The van der Waals surface area contributed by atoms with E-state index < -0.39 is 10.8 Å². The van der Waals surface area contributed by atoms with Crippen molar-refractivity contribution in [1.82, 2.24) is 5.32 Å². The molecule has 1 amide bonds. The van der Waals surface area contributed by atoms with E-state index in [9.17, 15) is 14.9 Å². The lowest BCUT2D eigenvalue weighted by Crippen LogP contribution is -2.31. The zero-order chi connectivity index (χ0) is 14.4. The van der Waals surface area contributed by atoms with Gasteiger partial charge in [0.2, 0.25) is 0 Å². The molecule has 1 rings (SSSR count). The van der Waals surface area contributed by atoms with Crippen LogP contribution in [0.3, 0.4) is 0 Å². The zero-order valence-electron chi connectivity index (χ0n) is 10.1. The number of nitro benzene ring substituents is 1. The molecule has 0 spiro atoms. The summed E-state index contributed by atoms with van der Waals surface area (Å²) in [6.07, 6.45) is 0. The number of nitrogens with one attached hydrogen (secondary N) is 1. The van der Waals surface area contributed by atoms with E-state index in [1.165, 1.54) is 18.2 Å². The first-order valence-electron chi connectivity index (χ1n) is 5.30. The molecule has 1 N–H and O–H groups in total. The van der Waals surface area contributed by atoms with Crippen LogP contribution in [-0.4, -0.2) is 35.9 Å². The SMILES string of the molecule is COCC(Br)CNC(=O)c1cc(Cl)cc([N+](=O)[O-])c1. The molecule has 0 aliphatic rings. The monoisotopic (exact) mass is 350 g/mol. The fourth-order valence-electron chi connectivity index (χ4n) is 1.36. The second-order valence-corrected chi connectivity index (χ2v) is 5.45. The van der Waals surface area contributed by atoms with Gasteiger partial charge < -0.3 is 10.1 Å². The number of carbonyl (C=O) groups is 1. The normalized spacial score (nSPS) is 11.9. The summed E-state index contributed by atoms with van der Waals surface area (Å²) in [5, 5.41) is 13.4. The molecule has 8 heteroatoms. The molecule has 0 aromatic heterocycles. The van der Waals surface area contributed by atoms with Crippen molar-refractivity contribution in [2.24, 2.45) is 0 Å². The molecule has 0 bridgehead atoms. The minimum Gasteiger partial charge on any atom is -0.383 e. The van der Waals surface area contributed by atoms with E-state index >= 15 is 0 Å². The largest absolute Gasteiger partial charge is 0.383 e. The van der Waals surface area contributed by atoms with Crippen molar-refractivity contribution in [2.75, 3.05) is 20.3 Å². The Hall–Kier alpha value is -1.18. The molecule has 104 valence electrons. The van der Waals surface area contributed by atoms with E-state index in [1.54, 1.807) is 7.11 Å². The second kappa shape index (κ2) is 7.42. The summed E-state index contributed by atoms with van der Waals surface area (Å²) in [5.74, 6) is -0.425. The number of nitrogens with zero attached hydrogens (tertiary/aromatic N) is 1. The Kier molecular flexibility index (Phi) is 6.20. The lowest BCUT2D eigenvalue weighted by molar-refractivity contribution is -0.384. The molecular weight excluding hydrogens is 339 g/mol. The number of hydrogen-bond donors (Lipinski definition) is 1. The van der Waals surface area contributed by atoms with Gasteiger partial charge in [0.1, 0.15) is 0 Å². The average Bonchev–Trinajstić information content (AvgIpc) is 2.35. The average molecular weight is 352 g/mol. The van der Waals surface area contributed by atoms with Crippen LogP contribution in [0.4, 0.5) is 5.69 Å². The summed E-state index contributed by atoms with van der Waals surface area (Å²) in [6, 6.07) is 3.75. The number of methoxy groups -OCH3 is 1. The van der Waals surface area contributed by atoms with Crippen molar-refractivity contribution >= 4 is 39.1 Å². The standard InChI is InChI=1S/C11H12BrClN2O4/c1-19-6-8(12)5-14-11(16)7-2-9(13)4-10(3-7)15(17)18/h2-4,8H,5-6H2,1H3,(H,14,16). The highest BCUT2D eigenvalue weighted by molar-refractivity contribution is 9.09. The second-order valence-electron chi connectivity index (χ2n) is 3.72. The molecule has 19 heavy (non-hydrogen) atoms. The van der Waals surface area contributed by atoms with Crippen LogP contribution in [-0.2, 0) is 4.74 Å². The molecule has 0 saturated carbocycles. The van der Waals surface area contributed by atoms with Crippen molar-refractivity contribution in [3.63, 3.8) is 0 Å². The number of hydrogen-bond acceptors (Lipinski definition) is 4. The van der Waals surface area contributed by atoms with Crippen molar-refractivity contribution in [3.05, 3.63) is 38.9 Å². The highest BCUT2D eigenvalue weighted by Gasteiger charge is 2.14. The summed E-state index contributed by atoms with van der Waals surface area (Å²) >= 11 is 9.05. The van der Waals surface area contributed by atoms with Crippen LogP contribution in [0.2, 0.25) is 5.02 Å². The predicted molar refractivity (Wildman–Crippen MR) is 75.0 cm³/mol. The Balaban J connectivity index is 2.74. The van der Waals surface area contributed by atoms with Gasteiger partial charge in [0.15, 0.2) is 0 Å². The summed E-state index contributed by atoms with van der Waals surface area (Å²) in [4.78, 5) is 21.9. The molecule has 0 aliphatic heterocycles. The third-order valence-corrected chi connectivity index (χ3v) is 2.99. The highest BCUT2D eigenvalue weighted by atomic mass is 79.9. The zero-order valence-corrected chi connectivity index (χ0v) is 12.4. The molecule has 0 aliphatic carbocycles. The third kappa shape index (κ3) is 5.14. The smallest absolute Gasteiger partial charge is 0.271 e. The molecule has 1 atom stereocenters. The molecule has 0 saturated heterocycles. The Labute approximate surface area is 123 Å². The number of benzene rings is 1. The number of halogens is 2. The maximum absolute atomic E-state index is 11.8. The first-order chi connectivity index (χ1) is 8.93. The van der Waals surface area contributed by atoms with Crippen molar-refractivity contribution in [3.8, 4) is 0 Å². The van der Waals surface area contributed by atoms with Gasteiger partial charge in [-0.05, 0) is 6.07 Å². The minimum absolute atomic E-state index is 0.0318.